The summed E-state index contributed by atoms with van der Waals surface area (Å²) >= 11 is 0. The van der Waals surface area contributed by atoms with Gasteiger partial charge in [0.1, 0.15) is 6.10 Å². The molecule has 0 amide bonds. The molecule has 0 spiro atoms. The van der Waals surface area contributed by atoms with Crippen molar-refractivity contribution in [2.75, 3.05) is 0 Å². The predicted octanol–water partition coefficient (Wildman–Crippen LogP) is 6.78. The second-order valence-electron chi connectivity index (χ2n) is 9.12. The molecular formula is C27H30O2. The average Bonchev–Trinajstić information content (AvgIpc) is 2.74. The van der Waals surface area contributed by atoms with Gasteiger partial charge in [-0.25, -0.2) is 4.79 Å². The quantitative estimate of drug-likeness (QED) is 0.462. The number of hydrogen-bond donors (Lipinski definition) is 0. The Morgan fingerprint density at radius 3 is 2.34 bits per heavy atom. The van der Waals surface area contributed by atoms with Crippen LogP contribution in [0.25, 0.3) is 10.8 Å². The summed E-state index contributed by atoms with van der Waals surface area (Å²) in [5.74, 6) is 0.682. The summed E-state index contributed by atoms with van der Waals surface area (Å²) in [5.41, 5.74) is 1.90. The van der Waals surface area contributed by atoms with E-state index >= 15 is 0 Å². The molecule has 1 fully saturated rings. The number of rotatable bonds is 4. The Hall–Kier alpha value is -2.61. The van der Waals surface area contributed by atoms with Crippen molar-refractivity contribution in [2.45, 2.75) is 51.6 Å². The fraction of sp³-hybridized carbons (Fsp3) is 0.370. The number of carbonyl (C=O) groups excluding carboxylic acids is 1. The maximum atomic E-state index is 13.1. The third kappa shape index (κ3) is 4.07. The molecule has 2 nitrogen and oxygen atoms in total. The SMILES string of the molecule is C[C@@H]1CC[C@@H](C(C)(C)c2ccccc2)[C@H](OC(=O)c2ccc3ccccc3c2)C1. The van der Waals surface area contributed by atoms with Gasteiger partial charge in [0.2, 0.25) is 0 Å². The van der Waals surface area contributed by atoms with Gasteiger partial charge >= 0.3 is 5.97 Å². The average molecular weight is 387 g/mol. The molecule has 1 aliphatic rings. The topological polar surface area (TPSA) is 26.3 Å². The van der Waals surface area contributed by atoms with Crippen LogP contribution in [0, 0.1) is 11.8 Å². The van der Waals surface area contributed by atoms with E-state index in [2.05, 4.69) is 57.2 Å². The number of carbonyl (C=O) groups is 1. The Labute approximate surface area is 173 Å². The van der Waals surface area contributed by atoms with Crippen LogP contribution in [0.3, 0.4) is 0 Å². The van der Waals surface area contributed by atoms with Crippen LogP contribution in [0.2, 0.25) is 0 Å². The first-order valence-corrected chi connectivity index (χ1v) is 10.7. The molecular weight excluding hydrogens is 356 g/mol. The van der Waals surface area contributed by atoms with Gasteiger partial charge in [0.25, 0.3) is 0 Å². The van der Waals surface area contributed by atoms with Crippen LogP contribution in [0.5, 0.6) is 0 Å². The highest BCUT2D eigenvalue weighted by atomic mass is 16.5. The zero-order valence-electron chi connectivity index (χ0n) is 17.6. The van der Waals surface area contributed by atoms with E-state index in [0.29, 0.717) is 17.4 Å². The highest BCUT2D eigenvalue weighted by Gasteiger charge is 2.42. The van der Waals surface area contributed by atoms with Gasteiger partial charge in [0.15, 0.2) is 0 Å². The van der Waals surface area contributed by atoms with Crippen LogP contribution in [-0.4, -0.2) is 12.1 Å². The van der Waals surface area contributed by atoms with Crippen LogP contribution >= 0.6 is 0 Å². The summed E-state index contributed by atoms with van der Waals surface area (Å²) in [7, 11) is 0. The highest BCUT2D eigenvalue weighted by Crippen LogP contribution is 2.43. The lowest BCUT2D eigenvalue weighted by atomic mass is 9.64. The Bertz CT molecular complexity index is 990. The first-order chi connectivity index (χ1) is 13.9. The number of benzene rings is 3. The molecule has 0 bridgehead atoms. The standard InChI is InChI=1S/C27H30O2/c1-19-13-16-24(27(2,3)23-11-5-4-6-12-23)25(17-19)29-26(28)22-15-14-20-9-7-8-10-21(20)18-22/h4-12,14-15,18-19,24-25H,13,16-17H2,1-3H3/t19-,24-,25-/m1/s1. The minimum absolute atomic E-state index is 0.0459. The summed E-state index contributed by atoms with van der Waals surface area (Å²) in [4.78, 5) is 13.1. The highest BCUT2D eigenvalue weighted by molar-refractivity contribution is 5.95. The number of esters is 1. The number of fused-ring (bicyclic) bond motifs is 1. The van der Waals surface area contributed by atoms with Crippen molar-refractivity contribution >= 4 is 16.7 Å². The van der Waals surface area contributed by atoms with E-state index in [1.165, 1.54) is 12.0 Å². The van der Waals surface area contributed by atoms with E-state index in [1.807, 2.05) is 36.4 Å². The molecule has 29 heavy (non-hydrogen) atoms. The van der Waals surface area contributed by atoms with E-state index in [9.17, 15) is 4.79 Å². The van der Waals surface area contributed by atoms with Crippen molar-refractivity contribution in [1.29, 1.82) is 0 Å². The minimum atomic E-state index is -0.205. The second-order valence-corrected chi connectivity index (χ2v) is 9.12. The van der Waals surface area contributed by atoms with Crippen molar-refractivity contribution in [1.82, 2.24) is 0 Å². The molecule has 1 saturated carbocycles. The Morgan fingerprint density at radius 1 is 0.897 bits per heavy atom. The van der Waals surface area contributed by atoms with Crippen LogP contribution in [-0.2, 0) is 10.2 Å². The van der Waals surface area contributed by atoms with Crippen molar-refractivity contribution in [2.24, 2.45) is 11.8 Å². The molecule has 0 N–H and O–H groups in total. The van der Waals surface area contributed by atoms with Crippen LogP contribution in [0.4, 0.5) is 0 Å². The lowest BCUT2D eigenvalue weighted by Gasteiger charge is -2.44. The molecule has 0 heterocycles. The molecule has 1 aliphatic carbocycles. The molecule has 3 aromatic rings. The fourth-order valence-corrected chi connectivity index (χ4v) is 4.89. The Morgan fingerprint density at radius 2 is 1.59 bits per heavy atom. The summed E-state index contributed by atoms with van der Waals surface area (Å²) in [5, 5.41) is 2.21. The van der Waals surface area contributed by atoms with Crippen LogP contribution in [0.15, 0.2) is 72.8 Å². The molecule has 2 heteroatoms. The Balaban J connectivity index is 1.59. The molecule has 0 unspecified atom stereocenters. The van der Waals surface area contributed by atoms with Gasteiger partial charge in [-0.05, 0) is 52.6 Å². The lowest BCUT2D eigenvalue weighted by molar-refractivity contribution is -0.0236. The third-order valence-corrected chi connectivity index (χ3v) is 6.74. The van der Waals surface area contributed by atoms with Gasteiger partial charge in [-0.2, -0.15) is 0 Å². The van der Waals surface area contributed by atoms with Crippen molar-refractivity contribution in [3.63, 3.8) is 0 Å². The molecule has 0 saturated heterocycles. The van der Waals surface area contributed by atoms with E-state index in [1.54, 1.807) is 0 Å². The minimum Gasteiger partial charge on any atom is -0.458 e. The molecule has 4 rings (SSSR count). The first kappa shape index (κ1) is 19.7. The van der Waals surface area contributed by atoms with Crippen molar-refractivity contribution in [3.05, 3.63) is 83.9 Å². The third-order valence-electron chi connectivity index (χ3n) is 6.74. The van der Waals surface area contributed by atoms with Gasteiger partial charge in [-0.1, -0.05) is 87.9 Å². The van der Waals surface area contributed by atoms with Crippen LogP contribution in [0.1, 0.15) is 56.0 Å². The van der Waals surface area contributed by atoms with E-state index in [4.69, 9.17) is 4.74 Å². The van der Waals surface area contributed by atoms with Crippen molar-refractivity contribution in [3.8, 4) is 0 Å². The maximum absolute atomic E-state index is 13.1. The Kier molecular flexibility index (Phi) is 5.45. The molecule has 3 atom stereocenters. The van der Waals surface area contributed by atoms with E-state index < -0.39 is 0 Å². The van der Waals surface area contributed by atoms with E-state index in [-0.39, 0.29) is 17.5 Å². The van der Waals surface area contributed by atoms with Gasteiger partial charge in [-0.15, -0.1) is 0 Å². The smallest absolute Gasteiger partial charge is 0.338 e. The monoisotopic (exact) mass is 386 g/mol. The summed E-state index contributed by atoms with van der Waals surface area (Å²) in [6.45, 7) is 6.85. The molecule has 0 radical (unpaired) electrons. The molecule has 150 valence electrons. The fourth-order valence-electron chi connectivity index (χ4n) is 4.89. The molecule has 0 aliphatic heterocycles. The maximum Gasteiger partial charge on any atom is 0.338 e. The van der Waals surface area contributed by atoms with Crippen molar-refractivity contribution < 1.29 is 9.53 Å². The van der Waals surface area contributed by atoms with Gasteiger partial charge in [0.05, 0.1) is 5.56 Å². The van der Waals surface area contributed by atoms with Crippen LogP contribution < -0.4 is 0 Å². The predicted molar refractivity (Wildman–Crippen MR) is 119 cm³/mol. The largest absolute Gasteiger partial charge is 0.458 e. The summed E-state index contributed by atoms with van der Waals surface area (Å²) in [6.07, 6.45) is 3.14. The molecule has 0 aromatic heterocycles. The van der Waals surface area contributed by atoms with Gasteiger partial charge in [0, 0.05) is 5.92 Å². The first-order valence-electron chi connectivity index (χ1n) is 10.7. The van der Waals surface area contributed by atoms with E-state index in [0.717, 1.165) is 23.6 Å². The zero-order chi connectivity index (χ0) is 20.4. The summed E-state index contributed by atoms with van der Waals surface area (Å²) < 4.78 is 6.18. The summed E-state index contributed by atoms with van der Waals surface area (Å²) in [6, 6.07) is 24.6. The van der Waals surface area contributed by atoms with Gasteiger partial charge < -0.3 is 4.74 Å². The number of hydrogen-bond acceptors (Lipinski definition) is 2. The van der Waals surface area contributed by atoms with Gasteiger partial charge in [-0.3, -0.25) is 0 Å². The lowest BCUT2D eigenvalue weighted by Crippen LogP contribution is -2.43. The zero-order valence-corrected chi connectivity index (χ0v) is 17.6. The number of ether oxygens (including phenoxy) is 1. The second kappa shape index (κ2) is 8.02. The normalized spacial score (nSPS) is 22.4. The molecule has 3 aromatic carbocycles.